The zero-order chi connectivity index (χ0) is 25.6. The number of hydrogen-bond donors (Lipinski definition) is 2. The van der Waals surface area contributed by atoms with E-state index < -0.39 is 29.7 Å². The maximum absolute atomic E-state index is 13.1. The Labute approximate surface area is 201 Å². The fraction of sp³-hybridized carbons (Fsp3) is 0.154. The molecule has 0 saturated carbocycles. The number of benzene rings is 3. The monoisotopic (exact) mass is 496 g/mol. The molecule has 2 N–H and O–H groups in total. The molecule has 1 aliphatic rings. The van der Waals surface area contributed by atoms with Crippen molar-refractivity contribution in [2.75, 3.05) is 7.11 Å². The molecule has 0 aliphatic carbocycles. The van der Waals surface area contributed by atoms with Crippen molar-refractivity contribution in [1.29, 1.82) is 0 Å². The van der Waals surface area contributed by atoms with E-state index in [1.54, 1.807) is 12.1 Å². The van der Waals surface area contributed by atoms with Crippen molar-refractivity contribution in [2.24, 2.45) is 0 Å². The fourth-order valence-corrected chi connectivity index (χ4v) is 4.34. The third kappa shape index (κ3) is 4.06. The van der Waals surface area contributed by atoms with Crippen LogP contribution in [0, 0.1) is 0 Å². The number of phenolic OH excluding ortho intramolecular Hbond substituents is 2. The molecule has 184 valence electrons. The SMILES string of the molecule is COc1ccc(-c2cc(=O)c3c(O)cc4c(c3o2)[C@@H](c2cccc(OC(F)F)c2)CC(=O)O4)cc1O. The average Bonchev–Trinajstić information content (AvgIpc) is 2.82. The Kier molecular flexibility index (Phi) is 5.71. The second kappa shape index (κ2) is 8.88. The highest BCUT2D eigenvalue weighted by Crippen LogP contribution is 2.46. The summed E-state index contributed by atoms with van der Waals surface area (Å²) in [5, 5.41) is 20.6. The second-order valence-electron chi connectivity index (χ2n) is 8.05. The Morgan fingerprint density at radius 1 is 1.03 bits per heavy atom. The summed E-state index contributed by atoms with van der Waals surface area (Å²) >= 11 is 0. The third-order valence-electron chi connectivity index (χ3n) is 5.87. The van der Waals surface area contributed by atoms with Crippen molar-refractivity contribution in [3.05, 3.63) is 75.9 Å². The molecule has 3 aromatic carbocycles. The highest BCUT2D eigenvalue weighted by molar-refractivity contribution is 5.93. The molecular formula is C26H18F2O8. The molecule has 1 aromatic heterocycles. The number of hydrogen-bond acceptors (Lipinski definition) is 8. The molecule has 0 spiro atoms. The van der Waals surface area contributed by atoms with Crippen LogP contribution >= 0.6 is 0 Å². The van der Waals surface area contributed by atoms with Crippen LogP contribution in [0.25, 0.3) is 22.3 Å². The standard InChI is InChI=1S/C26H18F2O8/c1-33-19-6-5-13(8-16(19)29)20-10-17(30)24-18(31)11-21-23(25(24)36-20)15(9-22(32)35-21)12-3-2-4-14(7-12)34-26(27)28/h2-8,10-11,15,26,29,31H,9H2,1H3/t15-/m1/s1. The first-order chi connectivity index (χ1) is 17.2. The predicted molar refractivity (Wildman–Crippen MR) is 123 cm³/mol. The van der Waals surface area contributed by atoms with E-state index in [4.69, 9.17) is 13.9 Å². The van der Waals surface area contributed by atoms with Crippen molar-refractivity contribution in [3.63, 3.8) is 0 Å². The first-order valence-corrected chi connectivity index (χ1v) is 10.7. The molecule has 2 heterocycles. The van der Waals surface area contributed by atoms with Gasteiger partial charge in [-0.15, -0.1) is 0 Å². The Bertz CT molecular complexity index is 1560. The van der Waals surface area contributed by atoms with Crippen LogP contribution in [-0.2, 0) is 4.79 Å². The van der Waals surface area contributed by atoms with E-state index in [0.717, 1.165) is 12.1 Å². The molecule has 0 bridgehead atoms. The van der Waals surface area contributed by atoms with Crippen LogP contribution in [0.1, 0.15) is 23.5 Å². The number of carbonyl (C=O) groups excluding carboxylic acids is 1. The van der Waals surface area contributed by atoms with Crippen LogP contribution in [-0.4, -0.2) is 29.9 Å². The van der Waals surface area contributed by atoms with Crippen molar-refractivity contribution in [3.8, 4) is 40.1 Å². The second-order valence-corrected chi connectivity index (χ2v) is 8.05. The number of phenols is 2. The molecule has 1 atom stereocenters. The van der Waals surface area contributed by atoms with Crippen LogP contribution < -0.4 is 19.6 Å². The predicted octanol–water partition coefficient (Wildman–Crippen LogP) is 4.92. The first-order valence-electron chi connectivity index (χ1n) is 10.7. The van der Waals surface area contributed by atoms with Crippen LogP contribution in [0.5, 0.6) is 28.7 Å². The lowest BCUT2D eigenvalue weighted by Crippen LogP contribution is -2.22. The number of methoxy groups -OCH3 is 1. The van der Waals surface area contributed by atoms with E-state index >= 15 is 0 Å². The number of carbonyl (C=O) groups is 1. The third-order valence-corrected chi connectivity index (χ3v) is 5.87. The van der Waals surface area contributed by atoms with Gasteiger partial charge >= 0.3 is 12.6 Å². The Balaban J connectivity index is 1.75. The molecule has 5 rings (SSSR count). The number of ether oxygens (including phenoxy) is 3. The summed E-state index contributed by atoms with van der Waals surface area (Å²) in [6, 6.07) is 12.5. The molecule has 10 heteroatoms. The van der Waals surface area contributed by atoms with E-state index in [9.17, 15) is 28.6 Å². The molecular weight excluding hydrogens is 478 g/mol. The number of fused-ring (bicyclic) bond motifs is 3. The van der Waals surface area contributed by atoms with E-state index in [1.165, 1.54) is 37.4 Å². The van der Waals surface area contributed by atoms with E-state index in [0.29, 0.717) is 11.1 Å². The van der Waals surface area contributed by atoms with Gasteiger partial charge in [0, 0.05) is 29.2 Å². The largest absolute Gasteiger partial charge is 0.507 e. The van der Waals surface area contributed by atoms with Gasteiger partial charge < -0.3 is 28.8 Å². The zero-order valence-corrected chi connectivity index (χ0v) is 18.7. The molecule has 0 amide bonds. The van der Waals surface area contributed by atoms with Crippen molar-refractivity contribution >= 4 is 16.9 Å². The minimum absolute atomic E-state index is 0.0284. The Hall–Kier alpha value is -4.60. The van der Waals surface area contributed by atoms with Gasteiger partial charge in [0.2, 0.25) is 0 Å². The zero-order valence-electron chi connectivity index (χ0n) is 18.7. The molecule has 4 aromatic rings. The summed E-state index contributed by atoms with van der Waals surface area (Å²) in [4.78, 5) is 25.4. The quantitative estimate of drug-likeness (QED) is 0.296. The summed E-state index contributed by atoms with van der Waals surface area (Å²) in [5.74, 6) is -1.86. The van der Waals surface area contributed by atoms with E-state index in [1.807, 2.05) is 0 Å². The van der Waals surface area contributed by atoms with E-state index in [-0.39, 0.29) is 51.7 Å². The van der Waals surface area contributed by atoms with Gasteiger partial charge in [-0.2, -0.15) is 8.78 Å². The van der Waals surface area contributed by atoms with Crippen molar-refractivity contribution < 1.29 is 42.4 Å². The normalized spacial score (nSPS) is 15.0. The van der Waals surface area contributed by atoms with Gasteiger partial charge in [0.05, 0.1) is 13.5 Å². The number of aromatic hydroxyl groups is 2. The molecule has 0 fully saturated rings. The number of esters is 1. The molecule has 36 heavy (non-hydrogen) atoms. The highest BCUT2D eigenvalue weighted by Gasteiger charge is 2.34. The van der Waals surface area contributed by atoms with Gasteiger partial charge in [0.15, 0.2) is 16.9 Å². The molecule has 0 saturated heterocycles. The topological polar surface area (TPSA) is 115 Å². The molecule has 1 aliphatic heterocycles. The number of alkyl halides is 2. The Morgan fingerprint density at radius 2 is 1.83 bits per heavy atom. The van der Waals surface area contributed by atoms with Gasteiger partial charge in [-0.05, 0) is 35.9 Å². The van der Waals surface area contributed by atoms with Crippen LogP contribution in [0.2, 0.25) is 0 Å². The summed E-state index contributed by atoms with van der Waals surface area (Å²) in [6.07, 6.45) is -0.178. The number of halogens is 2. The van der Waals surface area contributed by atoms with Crippen LogP contribution in [0.4, 0.5) is 8.78 Å². The maximum Gasteiger partial charge on any atom is 0.387 e. The first kappa shape index (κ1) is 23.2. The average molecular weight is 496 g/mol. The van der Waals surface area contributed by atoms with Gasteiger partial charge in [-0.1, -0.05) is 12.1 Å². The maximum atomic E-state index is 13.1. The van der Waals surface area contributed by atoms with Crippen molar-refractivity contribution in [2.45, 2.75) is 19.0 Å². The van der Waals surface area contributed by atoms with Crippen LogP contribution in [0.3, 0.4) is 0 Å². The fourth-order valence-electron chi connectivity index (χ4n) is 4.34. The summed E-state index contributed by atoms with van der Waals surface area (Å²) in [6.45, 7) is -3.04. The molecule has 8 nitrogen and oxygen atoms in total. The Morgan fingerprint density at radius 3 is 2.56 bits per heavy atom. The summed E-state index contributed by atoms with van der Waals surface area (Å²) in [5.41, 5.74) is 0.454. The minimum atomic E-state index is -3.04. The van der Waals surface area contributed by atoms with Gasteiger partial charge in [0.25, 0.3) is 0 Å². The molecule has 0 unspecified atom stereocenters. The van der Waals surface area contributed by atoms with Gasteiger partial charge in [0.1, 0.15) is 34.0 Å². The minimum Gasteiger partial charge on any atom is -0.507 e. The smallest absolute Gasteiger partial charge is 0.387 e. The highest BCUT2D eigenvalue weighted by atomic mass is 19.3. The van der Waals surface area contributed by atoms with E-state index in [2.05, 4.69) is 4.74 Å². The number of rotatable bonds is 5. The summed E-state index contributed by atoms with van der Waals surface area (Å²) < 4.78 is 46.5. The van der Waals surface area contributed by atoms with Gasteiger partial charge in [-0.25, -0.2) is 0 Å². The molecule has 0 radical (unpaired) electrons. The van der Waals surface area contributed by atoms with Gasteiger partial charge in [-0.3, -0.25) is 9.59 Å². The van der Waals surface area contributed by atoms with Crippen molar-refractivity contribution in [1.82, 2.24) is 0 Å². The van der Waals surface area contributed by atoms with Crippen LogP contribution in [0.15, 0.2) is 63.8 Å². The summed E-state index contributed by atoms with van der Waals surface area (Å²) in [7, 11) is 1.39. The lowest BCUT2D eigenvalue weighted by atomic mass is 9.85. The lowest BCUT2D eigenvalue weighted by molar-refractivity contribution is -0.135. The lowest BCUT2D eigenvalue weighted by Gasteiger charge is -2.26.